The molecule has 0 aliphatic carbocycles. The molecule has 13 heavy (non-hydrogen) atoms. The van der Waals surface area contributed by atoms with Crippen molar-refractivity contribution in [3.8, 4) is 0 Å². The minimum absolute atomic E-state index is 0.126. The van der Waals surface area contributed by atoms with Crippen LogP contribution in [0, 0.1) is 5.92 Å². The summed E-state index contributed by atoms with van der Waals surface area (Å²) < 4.78 is 0. The molecular weight excluding hydrogens is 182 g/mol. The maximum atomic E-state index is 9.56. The van der Waals surface area contributed by atoms with Gasteiger partial charge in [0.05, 0.1) is 6.10 Å². The number of rotatable bonds is 3. The van der Waals surface area contributed by atoms with Crippen molar-refractivity contribution in [2.45, 2.75) is 18.9 Å². The Bertz CT molecular complexity index is 247. The zero-order chi connectivity index (χ0) is 9.10. The molecule has 0 saturated carbocycles. The third-order valence-corrected chi connectivity index (χ3v) is 3.42. The van der Waals surface area contributed by atoms with Crippen molar-refractivity contribution in [2.75, 3.05) is 13.1 Å². The summed E-state index contributed by atoms with van der Waals surface area (Å²) in [5.74, 6) is 0.458. The lowest BCUT2D eigenvalue weighted by Gasteiger charge is -2.11. The first-order chi connectivity index (χ1) is 6.36. The normalized spacial score (nSPS) is 28.1. The molecule has 2 heterocycles. The summed E-state index contributed by atoms with van der Waals surface area (Å²) in [6.07, 6.45) is 2.08. The summed E-state index contributed by atoms with van der Waals surface area (Å²) >= 11 is 1.74. The number of hydrogen-bond donors (Lipinski definition) is 2. The molecule has 0 aromatic carbocycles. The Morgan fingerprint density at radius 1 is 1.54 bits per heavy atom. The van der Waals surface area contributed by atoms with Gasteiger partial charge < -0.3 is 10.4 Å². The van der Waals surface area contributed by atoms with Gasteiger partial charge in [-0.15, -0.1) is 0 Å². The molecule has 1 aromatic heterocycles. The molecule has 0 amide bonds. The van der Waals surface area contributed by atoms with Gasteiger partial charge in [-0.2, -0.15) is 11.3 Å². The average molecular weight is 197 g/mol. The van der Waals surface area contributed by atoms with Crippen LogP contribution >= 0.6 is 11.3 Å². The smallest absolute Gasteiger partial charge is 0.0704 e. The fraction of sp³-hybridized carbons (Fsp3) is 0.600. The molecule has 1 aliphatic heterocycles. The van der Waals surface area contributed by atoms with Crippen LogP contribution in [0.5, 0.6) is 0 Å². The van der Waals surface area contributed by atoms with Crippen LogP contribution in [0.2, 0.25) is 0 Å². The number of aliphatic hydroxyl groups excluding tert-OH is 1. The van der Waals surface area contributed by atoms with E-state index in [0.29, 0.717) is 5.92 Å². The van der Waals surface area contributed by atoms with Crippen molar-refractivity contribution >= 4 is 11.3 Å². The molecule has 0 spiro atoms. The zero-order valence-electron chi connectivity index (χ0n) is 7.57. The second kappa shape index (κ2) is 4.22. The highest BCUT2D eigenvalue weighted by atomic mass is 32.1. The third-order valence-electron chi connectivity index (χ3n) is 2.69. The molecule has 2 atom stereocenters. The van der Waals surface area contributed by atoms with Gasteiger partial charge in [0.2, 0.25) is 0 Å². The van der Waals surface area contributed by atoms with E-state index in [1.807, 2.05) is 0 Å². The number of β-amino-alcohol motifs (C(OH)–C–C–N with tert-alkyl or cyclic N) is 1. The molecule has 1 saturated heterocycles. The number of nitrogens with one attached hydrogen (secondary N) is 1. The first kappa shape index (κ1) is 9.19. The van der Waals surface area contributed by atoms with Crippen LogP contribution in [0.15, 0.2) is 16.8 Å². The van der Waals surface area contributed by atoms with Gasteiger partial charge in [-0.1, -0.05) is 0 Å². The first-order valence-corrected chi connectivity index (χ1v) is 5.70. The number of hydrogen-bond acceptors (Lipinski definition) is 3. The minimum Gasteiger partial charge on any atom is -0.391 e. The lowest BCUT2D eigenvalue weighted by molar-refractivity contribution is 0.143. The number of aryl methyl sites for hydroxylation is 1. The van der Waals surface area contributed by atoms with Gasteiger partial charge in [0.1, 0.15) is 0 Å². The van der Waals surface area contributed by atoms with Crippen LogP contribution in [0.4, 0.5) is 0 Å². The Kier molecular flexibility index (Phi) is 2.98. The summed E-state index contributed by atoms with van der Waals surface area (Å²) in [6, 6.07) is 2.17. The van der Waals surface area contributed by atoms with Gasteiger partial charge >= 0.3 is 0 Å². The molecule has 0 radical (unpaired) electrons. The van der Waals surface area contributed by atoms with Crippen LogP contribution in [-0.2, 0) is 6.42 Å². The van der Waals surface area contributed by atoms with Gasteiger partial charge in [-0.3, -0.25) is 0 Å². The van der Waals surface area contributed by atoms with E-state index in [1.54, 1.807) is 11.3 Å². The molecule has 2 N–H and O–H groups in total. The fourth-order valence-corrected chi connectivity index (χ4v) is 2.50. The fourth-order valence-electron chi connectivity index (χ4n) is 1.80. The minimum atomic E-state index is -0.126. The molecule has 2 unspecified atom stereocenters. The quantitative estimate of drug-likeness (QED) is 0.764. The lowest BCUT2D eigenvalue weighted by atomic mass is 9.98. The van der Waals surface area contributed by atoms with E-state index in [0.717, 1.165) is 25.9 Å². The topological polar surface area (TPSA) is 32.3 Å². The van der Waals surface area contributed by atoms with E-state index in [-0.39, 0.29) is 6.10 Å². The molecular formula is C10H15NOS. The second-order valence-electron chi connectivity index (χ2n) is 3.66. The molecule has 1 aromatic rings. The molecule has 72 valence electrons. The standard InChI is InChI=1S/C10H15NOS/c12-10-6-11-5-9(10)2-1-8-3-4-13-7-8/h3-4,7,9-12H,1-2,5-6H2. The van der Waals surface area contributed by atoms with E-state index in [2.05, 4.69) is 22.1 Å². The highest BCUT2D eigenvalue weighted by Gasteiger charge is 2.24. The van der Waals surface area contributed by atoms with Crippen LogP contribution in [0.3, 0.4) is 0 Å². The lowest BCUT2D eigenvalue weighted by Crippen LogP contribution is -2.18. The van der Waals surface area contributed by atoms with Crippen LogP contribution in [0.25, 0.3) is 0 Å². The highest BCUT2D eigenvalue weighted by molar-refractivity contribution is 7.07. The van der Waals surface area contributed by atoms with E-state index in [9.17, 15) is 5.11 Å². The van der Waals surface area contributed by atoms with Gasteiger partial charge in [-0.25, -0.2) is 0 Å². The van der Waals surface area contributed by atoms with Crippen LogP contribution in [-0.4, -0.2) is 24.3 Å². The molecule has 2 rings (SSSR count). The van der Waals surface area contributed by atoms with E-state index < -0.39 is 0 Å². The maximum Gasteiger partial charge on any atom is 0.0704 e. The SMILES string of the molecule is OC1CNCC1CCc1ccsc1. The zero-order valence-corrected chi connectivity index (χ0v) is 8.39. The van der Waals surface area contributed by atoms with Crippen molar-refractivity contribution in [3.05, 3.63) is 22.4 Å². The Labute approximate surface area is 82.6 Å². The summed E-state index contributed by atoms with van der Waals surface area (Å²) in [5.41, 5.74) is 1.41. The highest BCUT2D eigenvalue weighted by Crippen LogP contribution is 2.17. The molecule has 0 bridgehead atoms. The van der Waals surface area contributed by atoms with E-state index in [1.165, 1.54) is 5.56 Å². The predicted octanol–water partition coefficient (Wildman–Crippen LogP) is 1.26. The largest absolute Gasteiger partial charge is 0.391 e. The average Bonchev–Trinajstić information content (AvgIpc) is 2.72. The summed E-state index contributed by atoms with van der Waals surface area (Å²) in [5, 5.41) is 17.1. The molecule has 2 nitrogen and oxygen atoms in total. The Balaban J connectivity index is 1.79. The summed E-state index contributed by atoms with van der Waals surface area (Å²) in [6.45, 7) is 1.75. The van der Waals surface area contributed by atoms with Crippen molar-refractivity contribution in [3.63, 3.8) is 0 Å². The van der Waals surface area contributed by atoms with Gasteiger partial charge in [-0.05, 0) is 41.1 Å². The Morgan fingerprint density at radius 2 is 2.46 bits per heavy atom. The molecule has 1 fully saturated rings. The number of thiophene rings is 1. The first-order valence-electron chi connectivity index (χ1n) is 4.76. The maximum absolute atomic E-state index is 9.56. The Hall–Kier alpha value is -0.380. The van der Waals surface area contributed by atoms with Gasteiger partial charge in [0, 0.05) is 13.1 Å². The molecule has 3 heteroatoms. The molecule has 1 aliphatic rings. The van der Waals surface area contributed by atoms with E-state index in [4.69, 9.17) is 0 Å². The van der Waals surface area contributed by atoms with Crippen molar-refractivity contribution in [2.24, 2.45) is 5.92 Å². The monoisotopic (exact) mass is 197 g/mol. The van der Waals surface area contributed by atoms with Crippen molar-refractivity contribution in [1.29, 1.82) is 0 Å². The third kappa shape index (κ3) is 2.30. The van der Waals surface area contributed by atoms with Crippen LogP contribution < -0.4 is 5.32 Å². The summed E-state index contributed by atoms with van der Waals surface area (Å²) in [7, 11) is 0. The van der Waals surface area contributed by atoms with Gasteiger partial charge in [0.15, 0.2) is 0 Å². The Morgan fingerprint density at radius 3 is 3.08 bits per heavy atom. The summed E-state index contributed by atoms with van der Waals surface area (Å²) in [4.78, 5) is 0. The van der Waals surface area contributed by atoms with Crippen molar-refractivity contribution in [1.82, 2.24) is 5.32 Å². The number of aliphatic hydroxyl groups is 1. The van der Waals surface area contributed by atoms with Crippen molar-refractivity contribution < 1.29 is 5.11 Å². The van der Waals surface area contributed by atoms with Gasteiger partial charge in [0.25, 0.3) is 0 Å². The predicted molar refractivity (Wildman–Crippen MR) is 55.0 cm³/mol. The van der Waals surface area contributed by atoms with E-state index >= 15 is 0 Å². The van der Waals surface area contributed by atoms with Crippen LogP contribution in [0.1, 0.15) is 12.0 Å². The second-order valence-corrected chi connectivity index (χ2v) is 4.44.